The van der Waals surface area contributed by atoms with Gasteiger partial charge in [-0.2, -0.15) is 0 Å². The van der Waals surface area contributed by atoms with Crippen LogP contribution in [0.4, 0.5) is 0 Å². The molecular weight excluding hydrogens is 404 g/mol. The standard InChI is InChI=1S/C13H8N4.Ir/c1-2-8-3-4-9-11(12(8)14-5-1)13-10(6-15-9)16-7-17-13;/h1-7H,(H,16,17);. The molecule has 1 N–H and O–H groups in total. The molecule has 3 heterocycles. The number of imidazole rings is 1. The maximum absolute atomic E-state index is 4.45. The number of aromatic amines is 1. The van der Waals surface area contributed by atoms with E-state index in [1.807, 2.05) is 18.2 Å². The average molecular weight is 412 g/mol. The predicted molar refractivity (Wildman–Crippen MR) is 66.7 cm³/mol. The first-order chi connectivity index (χ1) is 8.43. The van der Waals surface area contributed by atoms with E-state index in [1.54, 1.807) is 18.7 Å². The molecule has 0 atom stereocenters. The van der Waals surface area contributed by atoms with Crippen LogP contribution < -0.4 is 0 Å². The number of hydrogen-bond donors (Lipinski definition) is 1. The van der Waals surface area contributed by atoms with Gasteiger partial charge in [0.05, 0.1) is 34.5 Å². The van der Waals surface area contributed by atoms with E-state index < -0.39 is 0 Å². The number of nitrogens with zero attached hydrogens (tertiary/aromatic N) is 3. The molecule has 0 saturated carbocycles. The van der Waals surface area contributed by atoms with Crippen LogP contribution in [0.1, 0.15) is 0 Å². The minimum atomic E-state index is 0. The van der Waals surface area contributed by atoms with E-state index in [4.69, 9.17) is 0 Å². The van der Waals surface area contributed by atoms with Crippen molar-refractivity contribution in [2.75, 3.05) is 0 Å². The summed E-state index contributed by atoms with van der Waals surface area (Å²) >= 11 is 0. The van der Waals surface area contributed by atoms with Gasteiger partial charge in [0.2, 0.25) is 0 Å². The molecule has 0 aliphatic carbocycles. The van der Waals surface area contributed by atoms with Crippen molar-refractivity contribution in [1.82, 2.24) is 19.9 Å². The van der Waals surface area contributed by atoms with Crippen LogP contribution in [0, 0.1) is 0 Å². The monoisotopic (exact) mass is 413 g/mol. The SMILES string of the molecule is [Ir].c1cnc2c(c1)ccc1ncc3nc[nH]c3c12. The number of benzene rings is 1. The molecule has 0 aliphatic heterocycles. The van der Waals surface area contributed by atoms with Crippen LogP contribution in [0.3, 0.4) is 0 Å². The summed E-state index contributed by atoms with van der Waals surface area (Å²) in [6.45, 7) is 0. The summed E-state index contributed by atoms with van der Waals surface area (Å²) in [7, 11) is 0. The number of hydrogen-bond acceptors (Lipinski definition) is 3. The third-order valence-corrected chi connectivity index (χ3v) is 3.00. The quantitative estimate of drug-likeness (QED) is 0.452. The summed E-state index contributed by atoms with van der Waals surface area (Å²) in [5.74, 6) is 0. The maximum Gasteiger partial charge on any atom is 0.107 e. The van der Waals surface area contributed by atoms with Crippen molar-refractivity contribution in [3.63, 3.8) is 0 Å². The maximum atomic E-state index is 4.45. The summed E-state index contributed by atoms with van der Waals surface area (Å²) in [5, 5.41) is 2.15. The predicted octanol–water partition coefficient (Wildman–Crippen LogP) is 2.66. The Morgan fingerprint density at radius 3 is 2.83 bits per heavy atom. The smallest absolute Gasteiger partial charge is 0.107 e. The molecule has 4 nitrogen and oxygen atoms in total. The summed E-state index contributed by atoms with van der Waals surface area (Å²) in [6.07, 6.45) is 5.27. The molecule has 1 radical (unpaired) electrons. The second-order valence-electron chi connectivity index (χ2n) is 3.96. The van der Waals surface area contributed by atoms with Crippen molar-refractivity contribution in [1.29, 1.82) is 0 Å². The van der Waals surface area contributed by atoms with Gasteiger partial charge in [0.15, 0.2) is 0 Å². The Balaban J connectivity index is 0.000001000. The Hall–Kier alpha value is -1.84. The minimum absolute atomic E-state index is 0. The normalized spacial score (nSPS) is 10.9. The molecule has 0 unspecified atom stereocenters. The van der Waals surface area contributed by atoms with Crippen LogP contribution in [0.15, 0.2) is 43.0 Å². The van der Waals surface area contributed by atoms with Gasteiger partial charge in [0.1, 0.15) is 5.52 Å². The third-order valence-electron chi connectivity index (χ3n) is 3.00. The van der Waals surface area contributed by atoms with Gasteiger partial charge in [-0.3, -0.25) is 9.97 Å². The second kappa shape index (κ2) is 4.12. The third kappa shape index (κ3) is 1.45. The number of fused-ring (bicyclic) bond motifs is 5. The molecule has 0 spiro atoms. The topological polar surface area (TPSA) is 54.5 Å². The van der Waals surface area contributed by atoms with E-state index in [0.717, 1.165) is 32.8 Å². The zero-order valence-corrected chi connectivity index (χ0v) is 11.6. The molecular formula is C13H8IrN4. The Kier molecular flexibility index (Phi) is 2.58. The summed E-state index contributed by atoms with van der Waals surface area (Å²) in [5.41, 5.74) is 3.77. The molecule has 0 aliphatic rings. The van der Waals surface area contributed by atoms with Crippen molar-refractivity contribution < 1.29 is 20.1 Å². The van der Waals surface area contributed by atoms with Crippen molar-refractivity contribution in [3.05, 3.63) is 43.0 Å². The molecule has 18 heavy (non-hydrogen) atoms. The molecule has 1 aromatic carbocycles. The van der Waals surface area contributed by atoms with Gasteiger partial charge in [-0.25, -0.2) is 4.98 Å². The number of pyridine rings is 2. The first-order valence-corrected chi connectivity index (χ1v) is 5.39. The van der Waals surface area contributed by atoms with Gasteiger partial charge in [-0.1, -0.05) is 12.1 Å². The Labute approximate surface area is 116 Å². The molecule has 3 aromatic heterocycles. The summed E-state index contributed by atoms with van der Waals surface area (Å²) < 4.78 is 0. The van der Waals surface area contributed by atoms with Gasteiger partial charge in [-0.05, 0) is 12.1 Å². The van der Waals surface area contributed by atoms with E-state index in [0.29, 0.717) is 0 Å². The number of rotatable bonds is 0. The van der Waals surface area contributed by atoms with Crippen LogP contribution in [0.5, 0.6) is 0 Å². The molecule has 4 aromatic rings. The molecule has 0 bridgehead atoms. The fourth-order valence-electron chi connectivity index (χ4n) is 2.22. The first kappa shape index (κ1) is 11.3. The van der Waals surface area contributed by atoms with Gasteiger partial charge >= 0.3 is 0 Å². The molecule has 5 heteroatoms. The van der Waals surface area contributed by atoms with Crippen LogP contribution >= 0.6 is 0 Å². The average Bonchev–Trinajstić information content (AvgIpc) is 2.86. The second-order valence-corrected chi connectivity index (χ2v) is 3.96. The van der Waals surface area contributed by atoms with Crippen LogP contribution in [-0.4, -0.2) is 19.9 Å². The van der Waals surface area contributed by atoms with Gasteiger partial charge in [-0.15, -0.1) is 0 Å². The number of nitrogens with one attached hydrogen (secondary N) is 1. The molecule has 0 amide bonds. The zero-order valence-electron chi connectivity index (χ0n) is 9.22. The van der Waals surface area contributed by atoms with Crippen molar-refractivity contribution in [2.24, 2.45) is 0 Å². The van der Waals surface area contributed by atoms with E-state index in [2.05, 4.69) is 26.0 Å². The van der Waals surface area contributed by atoms with Gasteiger partial charge in [0, 0.05) is 31.7 Å². The van der Waals surface area contributed by atoms with Crippen LogP contribution in [-0.2, 0) is 20.1 Å². The number of aromatic nitrogens is 4. The van der Waals surface area contributed by atoms with Crippen molar-refractivity contribution in [3.8, 4) is 0 Å². The van der Waals surface area contributed by atoms with Crippen molar-refractivity contribution in [2.45, 2.75) is 0 Å². The van der Waals surface area contributed by atoms with Crippen LogP contribution in [0.25, 0.3) is 32.8 Å². The first-order valence-electron chi connectivity index (χ1n) is 5.39. The van der Waals surface area contributed by atoms with E-state index in [9.17, 15) is 0 Å². The molecule has 0 fully saturated rings. The Morgan fingerprint density at radius 1 is 0.944 bits per heavy atom. The van der Waals surface area contributed by atoms with E-state index >= 15 is 0 Å². The number of H-pyrrole nitrogens is 1. The molecule has 0 saturated heterocycles. The van der Waals surface area contributed by atoms with Gasteiger partial charge in [0.25, 0.3) is 0 Å². The van der Waals surface area contributed by atoms with Crippen molar-refractivity contribution >= 4 is 32.8 Å². The zero-order chi connectivity index (χ0) is 11.2. The fraction of sp³-hybridized carbons (Fsp3) is 0. The molecule has 89 valence electrons. The summed E-state index contributed by atoms with van der Waals surface area (Å²) in [4.78, 5) is 16.3. The Morgan fingerprint density at radius 2 is 1.89 bits per heavy atom. The molecule has 4 rings (SSSR count). The van der Waals surface area contributed by atoms with Gasteiger partial charge < -0.3 is 4.98 Å². The van der Waals surface area contributed by atoms with Crippen LogP contribution in [0.2, 0.25) is 0 Å². The largest absolute Gasteiger partial charge is 0.344 e. The Bertz CT molecular complexity index is 853. The fourth-order valence-corrected chi connectivity index (χ4v) is 2.22. The van der Waals surface area contributed by atoms with E-state index in [1.165, 1.54) is 0 Å². The summed E-state index contributed by atoms with van der Waals surface area (Å²) in [6, 6.07) is 8.05. The minimum Gasteiger partial charge on any atom is -0.344 e. The van der Waals surface area contributed by atoms with E-state index in [-0.39, 0.29) is 20.1 Å².